The summed E-state index contributed by atoms with van der Waals surface area (Å²) in [5, 5.41) is 0. The molecule has 0 aromatic heterocycles. The molecule has 2 atom stereocenters. The Morgan fingerprint density at radius 2 is 1.52 bits per heavy atom. The third-order valence-corrected chi connectivity index (χ3v) is 5.18. The second kappa shape index (κ2) is 10.4. The standard InChI is InChI=1S/C23H20F.C2H6.Ho/c1-16-6-8-19(9-7-16)23-21-5-3-2-4-17(21)12-15-22(23)18-10-13-20(24)14-11-18;1-2;/h3-11,13-14,22-23H,12,15H2,1H3;1-2H3;/q-1;;/t22-,23-;;/m0../s1. The maximum atomic E-state index is 13.4. The molecule has 27 heavy (non-hydrogen) atoms. The first kappa shape index (κ1) is 22.1. The van der Waals surface area contributed by atoms with E-state index < -0.39 is 0 Å². The van der Waals surface area contributed by atoms with Crippen molar-refractivity contribution in [2.75, 3.05) is 0 Å². The molecule has 1 aliphatic carbocycles. The summed E-state index contributed by atoms with van der Waals surface area (Å²) in [6.07, 6.45) is 2.13. The first-order valence-corrected chi connectivity index (χ1v) is 9.53. The molecule has 0 amide bonds. The van der Waals surface area contributed by atoms with Crippen molar-refractivity contribution in [3.05, 3.63) is 106 Å². The van der Waals surface area contributed by atoms with E-state index in [0.717, 1.165) is 12.8 Å². The second-order valence-electron chi connectivity index (χ2n) is 6.71. The van der Waals surface area contributed by atoms with Crippen molar-refractivity contribution in [2.24, 2.45) is 0 Å². The van der Waals surface area contributed by atoms with E-state index in [1.165, 1.54) is 27.8 Å². The summed E-state index contributed by atoms with van der Waals surface area (Å²) in [6.45, 7) is 6.12. The van der Waals surface area contributed by atoms with E-state index in [1.54, 1.807) is 12.1 Å². The van der Waals surface area contributed by atoms with Gasteiger partial charge in [0.05, 0.1) is 0 Å². The van der Waals surface area contributed by atoms with Gasteiger partial charge in [0.1, 0.15) is 5.82 Å². The topological polar surface area (TPSA) is 0 Å². The van der Waals surface area contributed by atoms with E-state index in [9.17, 15) is 4.39 Å². The normalized spacial score (nSPS) is 17.8. The van der Waals surface area contributed by atoms with Crippen LogP contribution in [0.2, 0.25) is 0 Å². The number of halogens is 1. The quantitative estimate of drug-likeness (QED) is 0.262. The molecule has 0 unspecified atom stereocenters. The zero-order valence-electron chi connectivity index (χ0n) is 16.1. The molecule has 0 aliphatic heterocycles. The number of benzene rings is 3. The van der Waals surface area contributed by atoms with Gasteiger partial charge in [-0.05, 0) is 42.0 Å². The molecule has 0 heterocycles. The van der Waals surface area contributed by atoms with Gasteiger partial charge in [-0.15, -0.1) is 5.56 Å². The molecule has 4 rings (SSSR count). The third kappa shape index (κ3) is 5.02. The molecular weight excluding hydrogens is 484 g/mol. The molecule has 3 aromatic carbocycles. The van der Waals surface area contributed by atoms with Crippen molar-refractivity contribution in [1.29, 1.82) is 0 Å². The fourth-order valence-electron chi connectivity index (χ4n) is 3.95. The molecule has 0 spiro atoms. The predicted molar refractivity (Wildman–Crippen MR) is 107 cm³/mol. The first-order chi connectivity index (χ1) is 12.7. The molecule has 3 aromatic rings. The Morgan fingerprint density at radius 3 is 2.19 bits per heavy atom. The van der Waals surface area contributed by atoms with Crippen LogP contribution in [0.3, 0.4) is 0 Å². The van der Waals surface area contributed by atoms with Gasteiger partial charge in [0.2, 0.25) is 0 Å². The Hall–Kier alpha value is -1.15. The van der Waals surface area contributed by atoms with Crippen LogP contribution in [-0.2, 0) is 6.42 Å². The van der Waals surface area contributed by atoms with Crippen LogP contribution in [0.15, 0.2) is 66.7 Å². The average Bonchev–Trinajstić information content (AvgIpc) is 2.70. The maximum absolute atomic E-state index is 13.4. The number of hydrogen-bond donors (Lipinski definition) is 0. The largest absolute Gasteiger partial charge is 0.207 e. The molecular formula is C25H26FHo-. The van der Waals surface area contributed by atoms with Gasteiger partial charge in [0, 0.05) is 37.7 Å². The van der Waals surface area contributed by atoms with E-state index >= 15 is 0 Å². The Morgan fingerprint density at radius 1 is 0.889 bits per heavy atom. The molecule has 0 saturated carbocycles. The molecule has 0 fully saturated rings. The Labute approximate surface area is 192 Å². The number of hydrogen-bond acceptors (Lipinski definition) is 0. The van der Waals surface area contributed by atoms with Gasteiger partial charge in [-0.2, -0.15) is 29.8 Å². The average molecular weight is 510 g/mol. The smallest absolute Gasteiger partial charge is 0.123 e. The van der Waals surface area contributed by atoms with Gasteiger partial charge in [0.25, 0.3) is 0 Å². The maximum Gasteiger partial charge on any atom is 0.123 e. The van der Waals surface area contributed by atoms with Crippen molar-refractivity contribution >= 4 is 0 Å². The van der Waals surface area contributed by atoms with Gasteiger partial charge in [-0.25, -0.2) is 4.39 Å². The first-order valence-electron chi connectivity index (χ1n) is 9.53. The number of rotatable bonds is 2. The monoisotopic (exact) mass is 510 g/mol. The van der Waals surface area contributed by atoms with E-state index in [0.29, 0.717) is 11.8 Å². The minimum absolute atomic E-state index is 0. The fourth-order valence-corrected chi connectivity index (χ4v) is 3.95. The molecule has 0 nitrogen and oxygen atoms in total. The van der Waals surface area contributed by atoms with Gasteiger partial charge in [0.15, 0.2) is 0 Å². The Bertz CT molecular complexity index is 837. The SMILES string of the molecule is CC.Cc1ccc([C@H]2c3cc[c-]cc3CC[C@H]2c2ccc(F)cc2)cc1.[Ho]. The minimum atomic E-state index is -0.170. The van der Waals surface area contributed by atoms with Crippen LogP contribution >= 0.6 is 0 Å². The van der Waals surface area contributed by atoms with E-state index in [2.05, 4.69) is 49.4 Å². The summed E-state index contributed by atoms with van der Waals surface area (Å²) in [5.41, 5.74) is 6.61. The summed E-state index contributed by atoms with van der Waals surface area (Å²) in [5.74, 6) is 0.522. The van der Waals surface area contributed by atoms with Gasteiger partial charge >= 0.3 is 0 Å². The minimum Gasteiger partial charge on any atom is -0.207 e. The summed E-state index contributed by atoms with van der Waals surface area (Å²) < 4.78 is 13.4. The number of aryl methyl sites for hydroxylation is 2. The van der Waals surface area contributed by atoms with E-state index in [-0.39, 0.29) is 43.6 Å². The summed E-state index contributed by atoms with van der Waals surface area (Å²) in [7, 11) is 0. The Balaban J connectivity index is 0.000000844. The van der Waals surface area contributed by atoms with Crippen LogP contribution in [0, 0.1) is 56.5 Å². The second-order valence-corrected chi connectivity index (χ2v) is 6.71. The van der Waals surface area contributed by atoms with Crippen LogP contribution in [0.1, 0.15) is 59.9 Å². The van der Waals surface area contributed by atoms with Crippen LogP contribution in [0.5, 0.6) is 0 Å². The van der Waals surface area contributed by atoms with Crippen molar-refractivity contribution in [2.45, 2.75) is 45.4 Å². The zero-order valence-corrected chi connectivity index (χ0v) is 18.0. The van der Waals surface area contributed by atoms with E-state index in [4.69, 9.17) is 0 Å². The van der Waals surface area contributed by atoms with Crippen molar-refractivity contribution in [3.63, 3.8) is 0 Å². The zero-order chi connectivity index (χ0) is 18.5. The molecule has 1 aliphatic rings. The fraction of sp³-hybridized carbons (Fsp3) is 0.280. The molecule has 0 bridgehead atoms. The van der Waals surface area contributed by atoms with Crippen LogP contribution < -0.4 is 0 Å². The number of fused-ring (bicyclic) bond motifs is 1. The van der Waals surface area contributed by atoms with Crippen LogP contribution in [-0.4, -0.2) is 0 Å². The molecule has 145 valence electrons. The molecule has 2 heteroatoms. The predicted octanol–water partition coefficient (Wildman–Crippen LogP) is 6.82. The summed E-state index contributed by atoms with van der Waals surface area (Å²) >= 11 is 0. The van der Waals surface area contributed by atoms with E-state index in [1.807, 2.05) is 32.0 Å². The molecule has 0 N–H and O–H groups in total. The Kier molecular flexibility index (Phi) is 8.54. The molecule has 0 saturated heterocycles. The summed E-state index contributed by atoms with van der Waals surface area (Å²) in [4.78, 5) is 0. The van der Waals surface area contributed by atoms with Gasteiger partial charge in [-0.1, -0.05) is 68.7 Å². The van der Waals surface area contributed by atoms with Crippen molar-refractivity contribution in [1.82, 2.24) is 0 Å². The summed E-state index contributed by atoms with van der Waals surface area (Å²) in [6, 6.07) is 25.4. The van der Waals surface area contributed by atoms with Crippen molar-refractivity contribution < 1.29 is 42.1 Å². The van der Waals surface area contributed by atoms with Crippen LogP contribution in [0.4, 0.5) is 4.39 Å². The third-order valence-electron chi connectivity index (χ3n) is 5.18. The molecule has 1 radical (unpaired) electrons. The van der Waals surface area contributed by atoms with Gasteiger partial charge in [-0.3, -0.25) is 0 Å². The van der Waals surface area contributed by atoms with Crippen molar-refractivity contribution in [3.8, 4) is 0 Å². The van der Waals surface area contributed by atoms with Gasteiger partial charge < -0.3 is 0 Å². The van der Waals surface area contributed by atoms with Crippen LogP contribution in [0.25, 0.3) is 0 Å².